The molecule has 0 saturated heterocycles. The molecule has 1 heterocycles. The number of ether oxygens (including phenoxy) is 3. The molecule has 0 spiro atoms. The maximum atomic E-state index is 12.1. The van der Waals surface area contributed by atoms with Gasteiger partial charge in [-0.1, -0.05) is 26.2 Å². The first-order valence-corrected chi connectivity index (χ1v) is 9.22. The molecule has 1 amide bonds. The van der Waals surface area contributed by atoms with Crippen LogP contribution in [-0.2, 0) is 0 Å². The molecule has 0 unspecified atom stereocenters. The van der Waals surface area contributed by atoms with Crippen molar-refractivity contribution in [1.29, 1.82) is 0 Å². The lowest BCUT2D eigenvalue weighted by molar-refractivity contribution is 0.0954. The Kier molecular flexibility index (Phi) is 6.68. The van der Waals surface area contributed by atoms with Gasteiger partial charge >= 0.3 is 0 Å². The Morgan fingerprint density at radius 2 is 1.93 bits per heavy atom. The van der Waals surface area contributed by atoms with Crippen LogP contribution in [0.15, 0.2) is 47.6 Å². The number of rotatable bonds is 9. The molecule has 0 fully saturated rings. The molecule has 0 atom stereocenters. The highest BCUT2D eigenvalue weighted by atomic mass is 16.7. The predicted octanol–water partition coefficient (Wildman–Crippen LogP) is 4.14. The van der Waals surface area contributed by atoms with Gasteiger partial charge in [0.1, 0.15) is 5.75 Å². The summed E-state index contributed by atoms with van der Waals surface area (Å²) < 4.78 is 16.2. The minimum Gasteiger partial charge on any atom is -0.494 e. The van der Waals surface area contributed by atoms with Crippen molar-refractivity contribution in [2.45, 2.75) is 32.6 Å². The van der Waals surface area contributed by atoms with E-state index >= 15 is 0 Å². The number of fused-ring (bicyclic) bond motifs is 1. The van der Waals surface area contributed by atoms with Gasteiger partial charge in [-0.15, -0.1) is 0 Å². The Bertz CT molecular complexity index is 787. The fraction of sp³-hybridized carbons (Fsp3) is 0.333. The van der Waals surface area contributed by atoms with Gasteiger partial charge in [0.15, 0.2) is 11.5 Å². The third-order valence-electron chi connectivity index (χ3n) is 4.16. The van der Waals surface area contributed by atoms with Crippen molar-refractivity contribution in [3.8, 4) is 17.2 Å². The summed E-state index contributed by atoms with van der Waals surface area (Å²) in [7, 11) is 0. The lowest BCUT2D eigenvalue weighted by Crippen LogP contribution is -2.17. The van der Waals surface area contributed by atoms with E-state index in [0.29, 0.717) is 17.1 Å². The van der Waals surface area contributed by atoms with Crippen LogP contribution in [0.1, 0.15) is 48.5 Å². The van der Waals surface area contributed by atoms with E-state index in [9.17, 15) is 4.79 Å². The van der Waals surface area contributed by atoms with Crippen LogP contribution >= 0.6 is 0 Å². The van der Waals surface area contributed by atoms with Crippen LogP contribution in [-0.4, -0.2) is 25.5 Å². The molecule has 0 saturated carbocycles. The van der Waals surface area contributed by atoms with E-state index < -0.39 is 0 Å². The fourth-order valence-electron chi connectivity index (χ4n) is 2.64. The van der Waals surface area contributed by atoms with Gasteiger partial charge < -0.3 is 14.2 Å². The van der Waals surface area contributed by atoms with E-state index in [4.69, 9.17) is 14.2 Å². The van der Waals surface area contributed by atoms with Gasteiger partial charge in [-0.25, -0.2) is 5.43 Å². The first-order valence-electron chi connectivity index (χ1n) is 9.22. The quantitative estimate of drug-likeness (QED) is 0.410. The van der Waals surface area contributed by atoms with Gasteiger partial charge in [-0.3, -0.25) is 4.79 Å². The summed E-state index contributed by atoms with van der Waals surface area (Å²) in [5.74, 6) is 1.74. The van der Waals surface area contributed by atoms with Crippen LogP contribution in [0, 0.1) is 0 Å². The van der Waals surface area contributed by atoms with Gasteiger partial charge in [0.25, 0.3) is 5.91 Å². The first-order chi connectivity index (χ1) is 13.3. The predicted molar refractivity (Wildman–Crippen MR) is 104 cm³/mol. The molecule has 0 bridgehead atoms. The Labute approximate surface area is 159 Å². The van der Waals surface area contributed by atoms with Crippen molar-refractivity contribution in [2.75, 3.05) is 13.4 Å². The Morgan fingerprint density at radius 3 is 2.74 bits per heavy atom. The molecular formula is C21H24N2O4. The summed E-state index contributed by atoms with van der Waals surface area (Å²) in [6.45, 7) is 3.11. The topological polar surface area (TPSA) is 69.2 Å². The van der Waals surface area contributed by atoms with Gasteiger partial charge in [-0.05, 0) is 54.4 Å². The second-order valence-electron chi connectivity index (χ2n) is 6.25. The molecule has 1 aliphatic rings. The van der Waals surface area contributed by atoms with Crippen LogP contribution in [0.5, 0.6) is 17.2 Å². The number of benzene rings is 2. The van der Waals surface area contributed by atoms with E-state index in [0.717, 1.165) is 24.3 Å². The molecule has 6 heteroatoms. The minimum atomic E-state index is -0.309. The number of carbonyl (C=O) groups excluding carboxylic acids is 1. The normalized spacial score (nSPS) is 12.3. The van der Waals surface area contributed by atoms with Gasteiger partial charge in [-0.2, -0.15) is 5.10 Å². The minimum absolute atomic E-state index is 0.178. The fourth-order valence-corrected chi connectivity index (χ4v) is 2.64. The summed E-state index contributed by atoms with van der Waals surface area (Å²) >= 11 is 0. The summed E-state index contributed by atoms with van der Waals surface area (Å²) in [6, 6.07) is 12.6. The molecule has 142 valence electrons. The summed E-state index contributed by atoms with van der Waals surface area (Å²) in [5.41, 5.74) is 3.85. The van der Waals surface area contributed by atoms with Gasteiger partial charge in [0.2, 0.25) is 6.79 Å². The molecular weight excluding hydrogens is 344 g/mol. The molecule has 2 aromatic carbocycles. The highest BCUT2D eigenvalue weighted by Crippen LogP contribution is 2.32. The van der Waals surface area contributed by atoms with E-state index in [1.165, 1.54) is 19.3 Å². The molecule has 1 N–H and O–H groups in total. The molecule has 3 rings (SSSR count). The lowest BCUT2D eigenvalue weighted by Gasteiger charge is -2.06. The maximum absolute atomic E-state index is 12.1. The number of nitrogens with zero attached hydrogens (tertiary/aromatic N) is 1. The zero-order valence-corrected chi connectivity index (χ0v) is 15.4. The summed E-state index contributed by atoms with van der Waals surface area (Å²) in [6.07, 6.45) is 6.33. The molecule has 1 aliphatic heterocycles. The van der Waals surface area contributed by atoms with Crippen LogP contribution in [0.3, 0.4) is 0 Å². The van der Waals surface area contributed by atoms with E-state index in [1.54, 1.807) is 24.4 Å². The van der Waals surface area contributed by atoms with Crippen LogP contribution in [0.2, 0.25) is 0 Å². The largest absolute Gasteiger partial charge is 0.494 e. The smallest absolute Gasteiger partial charge is 0.271 e. The molecule has 0 aliphatic carbocycles. The highest BCUT2D eigenvalue weighted by Gasteiger charge is 2.15. The third kappa shape index (κ3) is 5.48. The Morgan fingerprint density at radius 1 is 1.11 bits per heavy atom. The number of hydrazone groups is 1. The molecule has 27 heavy (non-hydrogen) atoms. The number of hydrogen-bond donors (Lipinski definition) is 1. The van der Waals surface area contributed by atoms with Crippen molar-refractivity contribution in [3.05, 3.63) is 53.6 Å². The SMILES string of the molecule is CCCCCCOc1ccc(C=NNC(=O)c2ccc3c(c2)OCO3)cc1. The van der Waals surface area contributed by atoms with Gasteiger partial charge in [0.05, 0.1) is 12.8 Å². The molecule has 2 aromatic rings. The van der Waals surface area contributed by atoms with E-state index in [-0.39, 0.29) is 12.7 Å². The number of carbonyl (C=O) groups is 1. The molecule has 0 aromatic heterocycles. The van der Waals surface area contributed by atoms with Crippen molar-refractivity contribution in [1.82, 2.24) is 5.43 Å². The van der Waals surface area contributed by atoms with Crippen molar-refractivity contribution in [3.63, 3.8) is 0 Å². The number of hydrogen-bond acceptors (Lipinski definition) is 5. The zero-order valence-electron chi connectivity index (χ0n) is 15.4. The average Bonchev–Trinajstić information content (AvgIpc) is 3.16. The monoisotopic (exact) mass is 368 g/mol. The second-order valence-corrected chi connectivity index (χ2v) is 6.25. The number of unbranched alkanes of at least 4 members (excludes halogenated alkanes) is 3. The van der Waals surface area contributed by atoms with Crippen LogP contribution in [0.25, 0.3) is 0 Å². The summed E-state index contributed by atoms with van der Waals surface area (Å²) in [4.78, 5) is 12.1. The van der Waals surface area contributed by atoms with E-state index in [2.05, 4.69) is 17.5 Å². The highest BCUT2D eigenvalue weighted by molar-refractivity contribution is 5.95. The van der Waals surface area contributed by atoms with E-state index in [1.807, 2.05) is 24.3 Å². The first kappa shape index (κ1) is 18.8. The molecule has 6 nitrogen and oxygen atoms in total. The maximum Gasteiger partial charge on any atom is 0.271 e. The average molecular weight is 368 g/mol. The standard InChI is InChI=1S/C21H24N2O4/c1-2-3-4-5-12-25-18-9-6-16(7-10-18)14-22-23-21(24)17-8-11-19-20(13-17)27-15-26-19/h6-11,13-14H,2-5,12,15H2,1H3,(H,23,24). The zero-order chi connectivity index (χ0) is 18.9. The summed E-state index contributed by atoms with van der Waals surface area (Å²) in [5, 5.41) is 4.00. The Balaban J connectivity index is 1.46. The molecule has 0 radical (unpaired) electrons. The number of nitrogens with one attached hydrogen (secondary N) is 1. The van der Waals surface area contributed by atoms with Crippen LogP contribution in [0.4, 0.5) is 0 Å². The van der Waals surface area contributed by atoms with Crippen LogP contribution < -0.4 is 19.6 Å². The Hall–Kier alpha value is -3.02. The van der Waals surface area contributed by atoms with Gasteiger partial charge in [0, 0.05) is 5.56 Å². The lowest BCUT2D eigenvalue weighted by atomic mass is 10.2. The third-order valence-corrected chi connectivity index (χ3v) is 4.16. The van der Waals surface area contributed by atoms with Crippen molar-refractivity contribution >= 4 is 12.1 Å². The van der Waals surface area contributed by atoms with Crippen molar-refractivity contribution in [2.24, 2.45) is 5.10 Å². The van der Waals surface area contributed by atoms with Crippen molar-refractivity contribution < 1.29 is 19.0 Å². The second kappa shape index (κ2) is 9.62. The number of amides is 1.